The van der Waals surface area contributed by atoms with E-state index in [9.17, 15) is 0 Å². The van der Waals surface area contributed by atoms with Crippen LogP contribution in [0.5, 0.6) is 0 Å². The molecule has 0 N–H and O–H groups in total. The fraction of sp³-hybridized carbons (Fsp3) is 0.429. The van der Waals surface area contributed by atoms with Crippen LogP contribution in [0, 0.1) is 0 Å². The molecule has 0 aromatic heterocycles. The largest absolute Gasteiger partial charge is 0.0845 e. The summed E-state index contributed by atoms with van der Waals surface area (Å²) in [5.74, 6) is 0. The molecule has 0 saturated heterocycles. The summed E-state index contributed by atoms with van der Waals surface area (Å²) in [6, 6.07) is 0. The molecular weight excluding hydrogens is 84.1 g/mol. The minimum absolute atomic E-state index is 0.102. The lowest BCUT2D eigenvalue weighted by Crippen LogP contribution is -1.62. The van der Waals surface area contributed by atoms with Gasteiger partial charge in [0.05, 0.1) is 0 Å². The topological polar surface area (TPSA) is 0 Å². The van der Waals surface area contributed by atoms with Crippen molar-refractivity contribution in [2.24, 2.45) is 0 Å². The van der Waals surface area contributed by atoms with Gasteiger partial charge in [-0.3, -0.25) is 0 Å². The molecule has 0 unspecified atom stereocenters. The molecule has 0 nitrogen and oxygen atoms in total. The van der Waals surface area contributed by atoms with E-state index in [1.54, 1.807) is 0 Å². The van der Waals surface area contributed by atoms with Gasteiger partial charge in [-0.05, 0) is 19.2 Å². The predicted molar refractivity (Wildman–Crippen MR) is 32.1 cm³/mol. The van der Waals surface area contributed by atoms with Gasteiger partial charge in [-0.2, -0.15) is 0 Å². The van der Waals surface area contributed by atoms with Gasteiger partial charge in [0.25, 0.3) is 0 Å². The highest BCUT2D eigenvalue weighted by Gasteiger charge is 1.81. The van der Waals surface area contributed by atoms with Crippen LogP contribution in [0.15, 0.2) is 24.3 Å². The molecule has 0 aromatic carbocycles. The van der Waals surface area contributed by atoms with Crippen molar-refractivity contribution in [2.45, 2.75) is 19.2 Å². The van der Waals surface area contributed by atoms with Crippen molar-refractivity contribution >= 4 is 0 Å². The Bertz CT molecular complexity index is 99.6. The van der Waals surface area contributed by atoms with E-state index in [1.165, 1.54) is 0 Å². The van der Waals surface area contributed by atoms with E-state index in [2.05, 4.69) is 0 Å². The Labute approximate surface area is 45.9 Å². The predicted octanol–water partition coefficient (Wildman–Crippen LogP) is 2.28. The van der Waals surface area contributed by atoms with Crippen molar-refractivity contribution in [3.63, 3.8) is 0 Å². The Morgan fingerprint density at radius 2 is 1.71 bits per heavy atom. The van der Waals surface area contributed by atoms with Crippen LogP contribution in [0.25, 0.3) is 0 Å². The third-order valence-corrected chi connectivity index (χ3v) is 0.989. The van der Waals surface area contributed by atoms with Crippen LogP contribution in [-0.2, 0) is 0 Å². The molecule has 38 valence electrons. The summed E-state index contributed by atoms with van der Waals surface area (Å²) in [6.45, 7) is 0. The standard InChI is InChI=1S/C7H10/c1-2-4-6-7-5-3-1/h1-4H,5-7H2/i7D. The first kappa shape index (κ1) is 3.48. The number of allylic oxidation sites excluding steroid dienone is 4. The van der Waals surface area contributed by atoms with Crippen LogP contribution in [0.2, 0.25) is 0 Å². The number of rotatable bonds is 0. The summed E-state index contributed by atoms with van der Waals surface area (Å²) in [7, 11) is 0. The zero-order valence-corrected chi connectivity index (χ0v) is 4.30. The van der Waals surface area contributed by atoms with Crippen LogP contribution in [0.3, 0.4) is 0 Å². The Balaban J connectivity index is 2.45. The molecule has 1 aliphatic rings. The molecule has 1 aliphatic carbocycles. The zero-order chi connectivity index (χ0) is 5.82. The van der Waals surface area contributed by atoms with Gasteiger partial charge in [-0.1, -0.05) is 24.3 Å². The number of hydrogen-bond acceptors (Lipinski definition) is 0. The molecule has 0 radical (unpaired) electrons. The normalized spacial score (nSPS) is 24.3. The van der Waals surface area contributed by atoms with Crippen molar-refractivity contribution in [2.75, 3.05) is 0 Å². The summed E-state index contributed by atoms with van der Waals surface area (Å²) in [6.07, 6.45) is 10.0. The van der Waals surface area contributed by atoms with Gasteiger partial charge in [0.2, 0.25) is 0 Å². The van der Waals surface area contributed by atoms with Gasteiger partial charge in [0.1, 0.15) is 0 Å². The first-order valence-electron chi connectivity index (χ1n) is 3.21. The van der Waals surface area contributed by atoms with Crippen LogP contribution < -0.4 is 0 Å². The first-order valence-corrected chi connectivity index (χ1v) is 2.63. The van der Waals surface area contributed by atoms with E-state index < -0.39 is 0 Å². The second-order valence-electron chi connectivity index (χ2n) is 1.62. The van der Waals surface area contributed by atoms with E-state index in [0.717, 1.165) is 12.8 Å². The van der Waals surface area contributed by atoms with Gasteiger partial charge >= 0.3 is 0 Å². The Kier molecular flexibility index (Phi) is 1.30. The highest BCUT2D eigenvalue weighted by atomic mass is 13.9. The molecule has 1 rings (SSSR count). The zero-order valence-electron chi connectivity index (χ0n) is 5.30. The molecule has 0 fully saturated rings. The maximum Gasteiger partial charge on any atom is 0.0273 e. The summed E-state index contributed by atoms with van der Waals surface area (Å²) in [4.78, 5) is 0. The monoisotopic (exact) mass is 95.1 g/mol. The highest BCUT2D eigenvalue weighted by molar-refractivity contribution is 5.04. The van der Waals surface area contributed by atoms with Crippen LogP contribution in [-0.4, -0.2) is 0 Å². The third kappa shape index (κ3) is 1.58. The molecule has 0 heterocycles. The van der Waals surface area contributed by atoms with Crippen molar-refractivity contribution < 1.29 is 1.37 Å². The summed E-state index contributed by atoms with van der Waals surface area (Å²) in [5, 5.41) is 0. The molecule has 0 heteroatoms. The molecule has 0 amide bonds. The van der Waals surface area contributed by atoms with Gasteiger partial charge in [-0.15, -0.1) is 0 Å². The summed E-state index contributed by atoms with van der Waals surface area (Å²) >= 11 is 0. The fourth-order valence-corrected chi connectivity index (χ4v) is 0.603. The summed E-state index contributed by atoms with van der Waals surface area (Å²) in [5.41, 5.74) is 0. The minimum Gasteiger partial charge on any atom is -0.0845 e. The van der Waals surface area contributed by atoms with E-state index in [4.69, 9.17) is 1.37 Å². The molecule has 0 spiro atoms. The quantitative estimate of drug-likeness (QED) is 0.433. The molecule has 0 bridgehead atoms. The van der Waals surface area contributed by atoms with E-state index >= 15 is 0 Å². The van der Waals surface area contributed by atoms with Crippen molar-refractivity contribution in [1.29, 1.82) is 0 Å². The fourth-order valence-electron chi connectivity index (χ4n) is 0.603. The minimum atomic E-state index is 0.102. The van der Waals surface area contributed by atoms with Crippen LogP contribution >= 0.6 is 0 Å². The van der Waals surface area contributed by atoms with Gasteiger partial charge in [0.15, 0.2) is 0 Å². The second-order valence-corrected chi connectivity index (χ2v) is 1.62. The first-order chi connectivity index (χ1) is 3.89. The number of hydrogen-bond donors (Lipinski definition) is 0. The van der Waals surface area contributed by atoms with Crippen LogP contribution in [0.1, 0.15) is 20.6 Å². The van der Waals surface area contributed by atoms with Crippen molar-refractivity contribution in [3.05, 3.63) is 24.3 Å². The lowest BCUT2D eigenvalue weighted by atomic mass is 10.2. The lowest BCUT2D eigenvalue weighted by Gasteiger charge is -1.81. The Morgan fingerprint density at radius 3 is 2.29 bits per heavy atom. The van der Waals surface area contributed by atoms with E-state index in [-0.39, 0.29) is 6.40 Å². The highest BCUT2D eigenvalue weighted by Crippen LogP contribution is 2.01. The molecule has 0 aromatic rings. The van der Waals surface area contributed by atoms with Crippen molar-refractivity contribution in [3.8, 4) is 0 Å². The maximum atomic E-state index is 7.31. The second kappa shape index (κ2) is 2.62. The Hall–Kier alpha value is -0.520. The Morgan fingerprint density at radius 1 is 1.14 bits per heavy atom. The van der Waals surface area contributed by atoms with Gasteiger partial charge in [0, 0.05) is 1.37 Å². The molecule has 0 aliphatic heterocycles. The van der Waals surface area contributed by atoms with Gasteiger partial charge in [-0.25, -0.2) is 0 Å². The van der Waals surface area contributed by atoms with Crippen molar-refractivity contribution in [1.82, 2.24) is 0 Å². The smallest absolute Gasteiger partial charge is 0.0273 e. The third-order valence-electron chi connectivity index (χ3n) is 0.989. The lowest BCUT2D eigenvalue weighted by molar-refractivity contribution is 0.876. The SMILES string of the molecule is [2H]C1CC=CC=CC1. The molecule has 0 atom stereocenters. The molecular formula is C7H10. The van der Waals surface area contributed by atoms with Crippen LogP contribution in [0.4, 0.5) is 0 Å². The van der Waals surface area contributed by atoms with Gasteiger partial charge < -0.3 is 0 Å². The molecule has 0 saturated carbocycles. The average Bonchev–Trinajstić information content (AvgIpc) is 1.94. The van der Waals surface area contributed by atoms with E-state index in [1.807, 2.05) is 24.3 Å². The summed E-state index contributed by atoms with van der Waals surface area (Å²) < 4.78 is 7.31. The average molecular weight is 95.2 g/mol. The molecule has 7 heavy (non-hydrogen) atoms. The maximum absolute atomic E-state index is 7.31. The van der Waals surface area contributed by atoms with E-state index in [0.29, 0.717) is 0 Å².